The molecule has 0 unspecified atom stereocenters. The SMILES string of the molecule is CCN(CC)C1CCCC1.CN(C)C1CCCC1.CN(C)C1CCCCC1. The minimum Gasteiger partial charge on any atom is -0.306 e. The van der Waals surface area contributed by atoms with Crippen LogP contribution in [0.25, 0.3) is 0 Å². The Morgan fingerprint density at radius 1 is 0.481 bits per heavy atom. The quantitative estimate of drug-likeness (QED) is 0.610. The van der Waals surface area contributed by atoms with Crippen molar-refractivity contribution in [1.82, 2.24) is 14.7 Å². The molecule has 0 heterocycles. The lowest BCUT2D eigenvalue weighted by Crippen LogP contribution is -2.32. The number of hydrogen-bond donors (Lipinski definition) is 0. The predicted molar refractivity (Wildman–Crippen MR) is 122 cm³/mol. The second-order valence-corrected chi connectivity index (χ2v) is 9.32. The molecule has 0 radical (unpaired) electrons. The summed E-state index contributed by atoms with van der Waals surface area (Å²) < 4.78 is 0. The van der Waals surface area contributed by atoms with Gasteiger partial charge >= 0.3 is 0 Å². The molecule has 0 aromatic carbocycles. The van der Waals surface area contributed by atoms with Crippen LogP contribution in [0.3, 0.4) is 0 Å². The van der Waals surface area contributed by atoms with Gasteiger partial charge in [0.1, 0.15) is 0 Å². The molecule has 0 aliphatic heterocycles. The van der Waals surface area contributed by atoms with Crippen molar-refractivity contribution < 1.29 is 0 Å². The summed E-state index contributed by atoms with van der Waals surface area (Å²) in [5.74, 6) is 0. The minimum absolute atomic E-state index is 0.888. The van der Waals surface area contributed by atoms with Gasteiger partial charge in [0.2, 0.25) is 0 Å². The Hall–Kier alpha value is -0.120. The van der Waals surface area contributed by atoms with Crippen LogP contribution < -0.4 is 0 Å². The largest absolute Gasteiger partial charge is 0.306 e. The average Bonchev–Trinajstić information content (AvgIpc) is 3.39. The normalized spacial score (nSPS) is 22.1. The molecule has 0 spiro atoms. The molecule has 0 saturated heterocycles. The molecule has 27 heavy (non-hydrogen) atoms. The first-order chi connectivity index (χ1) is 13.0. The lowest BCUT2D eigenvalue weighted by atomic mass is 9.95. The van der Waals surface area contributed by atoms with Gasteiger partial charge in [-0.25, -0.2) is 0 Å². The van der Waals surface area contributed by atoms with Crippen LogP contribution >= 0.6 is 0 Å². The number of rotatable bonds is 5. The summed E-state index contributed by atoms with van der Waals surface area (Å²) in [7, 11) is 8.73. The first-order valence-corrected chi connectivity index (χ1v) is 12.1. The maximum Gasteiger partial charge on any atom is 0.00950 e. The molecular weight excluding hydrogens is 330 g/mol. The third kappa shape index (κ3) is 10.3. The third-order valence-corrected chi connectivity index (χ3v) is 7.01. The lowest BCUT2D eigenvalue weighted by molar-refractivity contribution is 0.220. The van der Waals surface area contributed by atoms with Crippen LogP contribution in [0.4, 0.5) is 0 Å². The van der Waals surface area contributed by atoms with Gasteiger partial charge in [-0.1, -0.05) is 58.8 Å². The summed E-state index contributed by atoms with van der Waals surface area (Å²) in [6, 6.07) is 2.71. The minimum atomic E-state index is 0.888. The summed E-state index contributed by atoms with van der Waals surface area (Å²) in [4.78, 5) is 7.29. The van der Waals surface area contributed by atoms with Crippen molar-refractivity contribution in [2.75, 3.05) is 41.3 Å². The highest BCUT2D eigenvalue weighted by atomic mass is 15.1. The fraction of sp³-hybridized carbons (Fsp3) is 1.00. The Morgan fingerprint density at radius 2 is 0.778 bits per heavy atom. The first kappa shape index (κ1) is 24.9. The Bertz CT molecular complexity index is 321. The molecule has 3 fully saturated rings. The molecule has 3 nitrogen and oxygen atoms in total. The maximum atomic E-state index is 2.59. The monoisotopic (exact) mass is 381 g/mol. The zero-order valence-corrected chi connectivity index (χ0v) is 19.7. The van der Waals surface area contributed by atoms with Crippen LogP contribution in [-0.2, 0) is 0 Å². The summed E-state index contributed by atoms with van der Waals surface area (Å²) in [5, 5.41) is 0. The van der Waals surface area contributed by atoms with E-state index in [1.54, 1.807) is 0 Å². The van der Waals surface area contributed by atoms with Crippen molar-refractivity contribution in [3.63, 3.8) is 0 Å². The molecular formula is C24H51N3. The second-order valence-electron chi connectivity index (χ2n) is 9.32. The standard InChI is InChI=1S/C9H19N.C8H17N.C7H15N/c1-3-10(4-2)9-7-5-6-8-9;1-9(2)8-6-4-3-5-7-8;1-8(2)7-5-3-4-6-7/h9H,3-8H2,1-2H3;8H,3-7H2,1-2H3;7H,3-6H2,1-2H3. The molecule has 0 bridgehead atoms. The van der Waals surface area contributed by atoms with Gasteiger partial charge in [-0.3, -0.25) is 0 Å². The molecule has 3 rings (SSSR count). The fourth-order valence-corrected chi connectivity index (χ4v) is 5.03. The predicted octanol–water partition coefficient (Wildman–Crippen LogP) is 5.64. The van der Waals surface area contributed by atoms with Crippen LogP contribution in [0.1, 0.15) is 97.3 Å². The van der Waals surface area contributed by atoms with E-state index < -0.39 is 0 Å². The van der Waals surface area contributed by atoms with Crippen LogP contribution in [0.2, 0.25) is 0 Å². The Morgan fingerprint density at radius 3 is 1.04 bits per heavy atom. The van der Waals surface area contributed by atoms with Crippen molar-refractivity contribution in [3.05, 3.63) is 0 Å². The van der Waals surface area contributed by atoms with Crippen LogP contribution in [-0.4, -0.2) is 74.1 Å². The molecule has 3 heteroatoms. The fourth-order valence-electron chi connectivity index (χ4n) is 5.03. The molecule has 162 valence electrons. The van der Waals surface area contributed by atoms with Crippen molar-refractivity contribution >= 4 is 0 Å². The van der Waals surface area contributed by atoms with Gasteiger partial charge in [-0.05, 0) is 79.8 Å². The van der Waals surface area contributed by atoms with Crippen LogP contribution in [0.15, 0.2) is 0 Å². The summed E-state index contributed by atoms with van der Waals surface area (Å²) in [6.45, 7) is 7.01. The van der Waals surface area contributed by atoms with Crippen molar-refractivity contribution in [2.45, 2.75) is 115 Å². The topological polar surface area (TPSA) is 9.72 Å². The molecule has 0 aromatic rings. The van der Waals surface area contributed by atoms with Crippen molar-refractivity contribution in [1.29, 1.82) is 0 Å². The highest BCUT2D eigenvalue weighted by Gasteiger charge is 2.19. The Kier molecular flexibility index (Phi) is 13.7. The van der Waals surface area contributed by atoms with E-state index >= 15 is 0 Å². The Balaban J connectivity index is 0.000000204. The van der Waals surface area contributed by atoms with E-state index in [9.17, 15) is 0 Å². The van der Waals surface area contributed by atoms with E-state index in [0.717, 1.165) is 18.1 Å². The molecule has 0 atom stereocenters. The van der Waals surface area contributed by atoms with Gasteiger partial charge in [-0.2, -0.15) is 0 Å². The maximum absolute atomic E-state index is 2.59. The van der Waals surface area contributed by atoms with E-state index in [4.69, 9.17) is 0 Å². The van der Waals surface area contributed by atoms with Gasteiger partial charge in [-0.15, -0.1) is 0 Å². The second kappa shape index (κ2) is 14.8. The number of hydrogen-bond acceptors (Lipinski definition) is 3. The van der Waals surface area contributed by atoms with E-state index in [0.29, 0.717) is 0 Å². The molecule has 3 aliphatic carbocycles. The van der Waals surface area contributed by atoms with Gasteiger partial charge in [0, 0.05) is 18.1 Å². The molecule has 0 amide bonds. The molecule has 3 aliphatic rings. The van der Waals surface area contributed by atoms with Gasteiger partial charge < -0.3 is 14.7 Å². The van der Waals surface area contributed by atoms with Crippen LogP contribution in [0.5, 0.6) is 0 Å². The van der Waals surface area contributed by atoms with E-state index in [1.165, 1.54) is 96.6 Å². The highest BCUT2D eigenvalue weighted by Crippen LogP contribution is 2.23. The first-order valence-electron chi connectivity index (χ1n) is 12.1. The summed E-state index contributed by atoms with van der Waals surface area (Å²) >= 11 is 0. The molecule has 0 aromatic heterocycles. The molecule has 3 saturated carbocycles. The summed E-state index contributed by atoms with van der Waals surface area (Å²) in [6.07, 6.45) is 18.8. The van der Waals surface area contributed by atoms with Crippen molar-refractivity contribution in [2.24, 2.45) is 0 Å². The zero-order chi connectivity index (χ0) is 20.1. The molecule has 0 N–H and O–H groups in total. The van der Waals surface area contributed by atoms with Gasteiger partial charge in [0.25, 0.3) is 0 Å². The van der Waals surface area contributed by atoms with E-state index in [1.807, 2.05) is 0 Å². The lowest BCUT2D eigenvalue weighted by Gasteiger charge is -2.27. The zero-order valence-electron chi connectivity index (χ0n) is 19.7. The average molecular weight is 382 g/mol. The number of nitrogens with zero attached hydrogens (tertiary/aromatic N) is 3. The van der Waals surface area contributed by atoms with E-state index in [2.05, 4.69) is 56.7 Å². The smallest absolute Gasteiger partial charge is 0.00950 e. The highest BCUT2D eigenvalue weighted by molar-refractivity contribution is 4.75. The van der Waals surface area contributed by atoms with Gasteiger partial charge in [0.05, 0.1) is 0 Å². The van der Waals surface area contributed by atoms with Crippen LogP contribution in [0, 0.1) is 0 Å². The Labute approximate surface area is 171 Å². The van der Waals surface area contributed by atoms with Crippen molar-refractivity contribution in [3.8, 4) is 0 Å². The third-order valence-electron chi connectivity index (χ3n) is 7.01. The summed E-state index contributed by atoms with van der Waals surface area (Å²) in [5.41, 5.74) is 0. The van der Waals surface area contributed by atoms with Gasteiger partial charge in [0.15, 0.2) is 0 Å². The van der Waals surface area contributed by atoms with E-state index in [-0.39, 0.29) is 0 Å².